The van der Waals surface area contributed by atoms with E-state index in [1.807, 2.05) is 19.1 Å². The van der Waals surface area contributed by atoms with Crippen LogP contribution in [0.3, 0.4) is 0 Å². The van der Waals surface area contributed by atoms with E-state index in [4.69, 9.17) is 11.6 Å². The van der Waals surface area contributed by atoms with Gasteiger partial charge in [-0.15, -0.1) is 11.3 Å². The summed E-state index contributed by atoms with van der Waals surface area (Å²) in [4.78, 5) is 14.8. The third kappa shape index (κ3) is 3.12. The Balaban J connectivity index is 1.90. The monoisotopic (exact) mass is 258 g/mol. The Morgan fingerprint density at radius 1 is 1.62 bits per heavy atom. The highest BCUT2D eigenvalue weighted by Crippen LogP contribution is 2.23. The van der Waals surface area contributed by atoms with Gasteiger partial charge in [0.25, 0.3) is 0 Å². The Morgan fingerprint density at radius 3 is 2.88 bits per heavy atom. The lowest BCUT2D eigenvalue weighted by Crippen LogP contribution is -2.40. The quantitative estimate of drug-likeness (QED) is 0.884. The third-order valence-electron chi connectivity index (χ3n) is 2.55. The molecule has 1 aromatic rings. The van der Waals surface area contributed by atoms with Crippen LogP contribution < -0.4 is 5.32 Å². The van der Waals surface area contributed by atoms with E-state index in [-0.39, 0.29) is 6.03 Å². The number of thiophene rings is 1. The van der Waals surface area contributed by atoms with Crippen LogP contribution in [0.2, 0.25) is 4.34 Å². The Bertz CT molecular complexity index is 376. The van der Waals surface area contributed by atoms with Gasteiger partial charge >= 0.3 is 6.03 Å². The van der Waals surface area contributed by atoms with E-state index in [1.54, 1.807) is 4.90 Å². The van der Waals surface area contributed by atoms with Gasteiger partial charge in [0, 0.05) is 17.5 Å². The molecule has 0 aromatic carbocycles. The number of urea groups is 1. The minimum absolute atomic E-state index is 0.0366. The van der Waals surface area contributed by atoms with Gasteiger partial charge in [-0.2, -0.15) is 0 Å². The van der Waals surface area contributed by atoms with E-state index in [0.717, 1.165) is 22.1 Å². The molecular formula is C11H15ClN2OS. The molecule has 0 bridgehead atoms. The summed E-state index contributed by atoms with van der Waals surface area (Å²) in [6.45, 7) is 3.35. The maximum absolute atomic E-state index is 11.8. The summed E-state index contributed by atoms with van der Waals surface area (Å²) in [5, 5.41) is 2.99. The number of hydrogen-bond donors (Lipinski definition) is 1. The molecule has 1 fully saturated rings. The molecule has 3 nitrogen and oxygen atoms in total. The molecule has 1 N–H and O–H groups in total. The second-order valence-electron chi connectivity index (χ2n) is 3.94. The second kappa shape index (κ2) is 5.06. The Labute approximate surface area is 104 Å². The van der Waals surface area contributed by atoms with E-state index < -0.39 is 0 Å². The molecular weight excluding hydrogens is 244 g/mol. The fraction of sp³-hybridized carbons (Fsp3) is 0.545. The zero-order chi connectivity index (χ0) is 11.5. The molecule has 0 saturated heterocycles. The van der Waals surface area contributed by atoms with Crippen molar-refractivity contribution in [2.45, 2.75) is 32.4 Å². The van der Waals surface area contributed by atoms with Crippen LogP contribution in [-0.4, -0.2) is 23.5 Å². The van der Waals surface area contributed by atoms with Crippen LogP contribution >= 0.6 is 22.9 Å². The van der Waals surface area contributed by atoms with Crippen LogP contribution in [0.15, 0.2) is 12.1 Å². The third-order valence-corrected chi connectivity index (χ3v) is 3.77. The van der Waals surface area contributed by atoms with Crippen LogP contribution in [-0.2, 0) is 6.54 Å². The molecule has 2 rings (SSSR count). The number of carbonyl (C=O) groups is 1. The molecule has 0 aliphatic heterocycles. The number of nitrogens with zero attached hydrogens (tertiary/aromatic N) is 1. The zero-order valence-corrected chi connectivity index (χ0v) is 10.8. The van der Waals surface area contributed by atoms with Crippen molar-refractivity contribution in [1.29, 1.82) is 0 Å². The first-order chi connectivity index (χ1) is 7.69. The summed E-state index contributed by atoms with van der Waals surface area (Å²) in [7, 11) is 0. The lowest BCUT2D eigenvalue weighted by Gasteiger charge is -2.20. The summed E-state index contributed by atoms with van der Waals surface area (Å²) in [5.41, 5.74) is 0. The number of amides is 2. The lowest BCUT2D eigenvalue weighted by atomic mass is 10.4. The highest BCUT2D eigenvalue weighted by atomic mass is 35.5. The maximum atomic E-state index is 11.8. The van der Waals surface area contributed by atoms with Gasteiger partial charge in [-0.3, -0.25) is 0 Å². The minimum Gasteiger partial charge on any atom is -0.335 e. The van der Waals surface area contributed by atoms with E-state index in [2.05, 4.69) is 5.32 Å². The number of halogens is 1. The van der Waals surface area contributed by atoms with Gasteiger partial charge in [-0.05, 0) is 31.9 Å². The average molecular weight is 259 g/mol. The van der Waals surface area contributed by atoms with Gasteiger partial charge < -0.3 is 10.2 Å². The van der Waals surface area contributed by atoms with E-state index in [1.165, 1.54) is 11.3 Å². The molecule has 0 radical (unpaired) electrons. The van der Waals surface area contributed by atoms with Crippen molar-refractivity contribution in [3.05, 3.63) is 21.3 Å². The number of rotatable bonds is 4. The number of carbonyl (C=O) groups excluding carboxylic acids is 1. The van der Waals surface area contributed by atoms with Gasteiger partial charge in [0.15, 0.2) is 0 Å². The largest absolute Gasteiger partial charge is 0.335 e. The van der Waals surface area contributed by atoms with Crippen molar-refractivity contribution < 1.29 is 4.79 Å². The summed E-state index contributed by atoms with van der Waals surface area (Å²) in [6.07, 6.45) is 2.24. The van der Waals surface area contributed by atoms with Crippen molar-refractivity contribution in [3.8, 4) is 0 Å². The molecule has 2 amide bonds. The number of hydrogen-bond acceptors (Lipinski definition) is 2. The van der Waals surface area contributed by atoms with Gasteiger partial charge in [0.2, 0.25) is 0 Å². The smallest absolute Gasteiger partial charge is 0.317 e. The molecule has 88 valence electrons. The standard InChI is InChI=1S/C11H15ClN2OS/c1-2-14(11(15)13-8-3-4-8)7-9-5-6-10(12)16-9/h5-6,8H,2-4,7H2,1H3,(H,13,15). The minimum atomic E-state index is 0.0366. The maximum Gasteiger partial charge on any atom is 0.317 e. The molecule has 5 heteroatoms. The van der Waals surface area contributed by atoms with E-state index >= 15 is 0 Å². The Morgan fingerprint density at radius 2 is 2.38 bits per heavy atom. The van der Waals surface area contributed by atoms with Crippen LogP contribution in [0.1, 0.15) is 24.6 Å². The Hall–Kier alpha value is -0.740. The first-order valence-electron chi connectivity index (χ1n) is 5.48. The lowest BCUT2D eigenvalue weighted by molar-refractivity contribution is 0.198. The van der Waals surface area contributed by atoms with Crippen molar-refractivity contribution >= 4 is 29.0 Å². The van der Waals surface area contributed by atoms with Crippen LogP contribution in [0, 0.1) is 0 Å². The average Bonchev–Trinajstić information content (AvgIpc) is 2.97. The van der Waals surface area contributed by atoms with Gasteiger partial charge in [0.05, 0.1) is 10.9 Å². The number of nitrogens with one attached hydrogen (secondary N) is 1. The van der Waals surface area contributed by atoms with Crippen LogP contribution in [0.4, 0.5) is 4.79 Å². The molecule has 0 unspecified atom stereocenters. The van der Waals surface area contributed by atoms with Gasteiger partial charge in [-0.25, -0.2) is 4.79 Å². The molecule has 1 heterocycles. The molecule has 1 aliphatic carbocycles. The SMILES string of the molecule is CCN(Cc1ccc(Cl)s1)C(=O)NC1CC1. The second-order valence-corrected chi connectivity index (χ2v) is 5.74. The van der Waals surface area contributed by atoms with Crippen molar-refractivity contribution in [3.63, 3.8) is 0 Å². The fourth-order valence-electron chi connectivity index (χ4n) is 1.45. The van der Waals surface area contributed by atoms with Gasteiger partial charge in [-0.1, -0.05) is 11.6 Å². The molecule has 0 spiro atoms. The zero-order valence-electron chi connectivity index (χ0n) is 9.20. The van der Waals surface area contributed by atoms with Gasteiger partial charge in [0.1, 0.15) is 0 Å². The summed E-state index contributed by atoms with van der Waals surface area (Å²) in [6, 6.07) is 4.29. The predicted molar refractivity (Wildman–Crippen MR) is 67.0 cm³/mol. The predicted octanol–water partition coefficient (Wildman–Crippen LogP) is 3.10. The molecule has 1 aliphatic rings. The van der Waals surface area contributed by atoms with E-state index in [0.29, 0.717) is 19.1 Å². The molecule has 1 saturated carbocycles. The molecule has 16 heavy (non-hydrogen) atoms. The van der Waals surface area contributed by atoms with Crippen LogP contribution in [0.5, 0.6) is 0 Å². The Kier molecular flexibility index (Phi) is 3.71. The van der Waals surface area contributed by atoms with Crippen LogP contribution in [0.25, 0.3) is 0 Å². The molecule has 1 aromatic heterocycles. The topological polar surface area (TPSA) is 32.3 Å². The fourth-order valence-corrected chi connectivity index (χ4v) is 2.55. The summed E-state index contributed by atoms with van der Waals surface area (Å²) < 4.78 is 0.772. The summed E-state index contributed by atoms with van der Waals surface area (Å²) in [5.74, 6) is 0. The highest BCUT2D eigenvalue weighted by molar-refractivity contribution is 7.16. The highest BCUT2D eigenvalue weighted by Gasteiger charge is 2.25. The normalized spacial score (nSPS) is 14.9. The molecule has 0 atom stereocenters. The van der Waals surface area contributed by atoms with E-state index in [9.17, 15) is 4.79 Å². The van der Waals surface area contributed by atoms with Crippen molar-refractivity contribution in [2.24, 2.45) is 0 Å². The summed E-state index contributed by atoms with van der Waals surface area (Å²) >= 11 is 7.39. The first kappa shape index (κ1) is 11.7. The van der Waals surface area contributed by atoms with Crippen molar-refractivity contribution in [1.82, 2.24) is 10.2 Å². The van der Waals surface area contributed by atoms with Crippen molar-refractivity contribution in [2.75, 3.05) is 6.54 Å². The first-order valence-corrected chi connectivity index (χ1v) is 6.68.